The summed E-state index contributed by atoms with van der Waals surface area (Å²) >= 11 is 1.63. The molecule has 0 spiro atoms. The number of nitrogens with one attached hydrogen (secondary N) is 1. The van der Waals surface area contributed by atoms with Crippen LogP contribution in [0.25, 0.3) is 10.6 Å². The molecular weight excluding hydrogens is 346 g/mol. The minimum atomic E-state index is -0.0238. The van der Waals surface area contributed by atoms with E-state index >= 15 is 0 Å². The van der Waals surface area contributed by atoms with Crippen LogP contribution in [0.15, 0.2) is 40.1 Å². The fourth-order valence-electron chi connectivity index (χ4n) is 3.45. The van der Waals surface area contributed by atoms with Gasteiger partial charge in [-0.15, -0.1) is 11.3 Å². The molecule has 2 fully saturated rings. The van der Waals surface area contributed by atoms with Crippen LogP contribution in [0.2, 0.25) is 0 Å². The summed E-state index contributed by atoms with van der Waals surface area (Å²) in [7, 11) is 0. The van der Waals surface area contributed by atoms with Crippen LogP contribution in [-0.4, -0.2) is 27.0 Å². The molecule has 2 aliphatic rings. The average Bonchev–Trinajstić information content (AvgIpc) is 3.38. The lowest BCUT2D eigenvalue weighted by Crippen LogP contribution is -2.32. The molecule has 3 aromatic rings. The van der Waals surface area contributed by atoms with E-state index in [2.05, 4.69) is 23.2 Å². The molecule has 0 aliphatic heterocycles. The van der Waals surface area contributed by atoms with E-state index in [1.807, 2.05) is 34.5 Å². The number of carbonyl (C=O) groups excluding carboxylic acids is 1. The Bertz CT molecular complexity index is 923. The summed E-state index contributed by atoms with van der Waals surface area (Å²) in [4.78, 5) is 16.0. The number of thiophene rings is 1. The number of rotatable bonds is 6. The van der Waals surface area contributed by atoms with Gasteiger partial charge >= 0.3 is 0 Å². The number of furan rings is 1. The van der Waals surface area contributed by atoms with Gasteiger partial charge in [0.25, 0.3) is 5.91 Å². The first-order valence-corrected chi connectivity index (χ1v) is 10.1. The predicted molar refractivity (Wildman–Crippen MR) is 100 cm³/mol. The Morgan fingerprint density at radius 1 is 1.38 bits per heavy atom. The zero-order valence-corrected chi connectivity index (χ0v) is 15.5. The van der Waals surface area contributed by atoms with E-state index in [-0.39, 0.29) is 5.91 Å². The fraction of sp³-hybridized carbons (Fsp3) is 0.400. The SMILES string of the molecule is CC1CC1c1ccc(CN(C(=O)c2cc(-c3cccs3)[nH]n2)C2CC2)o1. The van der Waals surface area contributed by atoms with E-state index in [0.29, 0.717) is 24.2 Å². The van der Waals surface area contributed by atoms with Crippen LogP contribution < -0.4 is 0 Å². The number of aromatic amines is 1. The van der Waals surface area contributed by atoms with Gasteiger partial charge in [-0.2, -0.15) is 5.10 Å². The van der Waals surface area contributed by atoms with Crippen molar-refractivity contribution in [3.05, 3.63) is 52.9 Å². The number of nitrogens with zero attached hydrogens (tertiary/aromatic N) is 2. The molecule has 1 N–H and O–H groups in total. The lowest BCUT2D eigenvalue weighted by molar-refractivity contribution is 0.0710. The van der Waals surface area contributed by atoms with Crippen molar-refractivity contribution < 1.29 is 9.21 Å². The summed E-state index contributed by atoms with van der Waals surface area (Å²) in [5.41, 5.74) is 1.37. The molecule has 5 rings (SSSR count). The molecule has 0 saturated heterocycles. The first-order valence-electron chi connectivity index (χ1n) is 9.18. The molecule has 26 heavy (non-hydrogen) atoms. The normalized spacial score (nSPS) is 21.7. The van der Waals surface area contributed by atoms with Crippen molar-refractivity contribution in [3.63, 3.8) is 0 Å². The lowest BCUT2D eigenvalue weighted by Gasteiger charge is -2.20. The van der Waals surface area contributed by atoms with E-state index in [1.165, 1.54) is 6.42 Å². The molecule has 2 unspecified atom stereocenters. The van der Waals surface area contributed by atoms with Crippen LogP contribution in [0.3, 0.4) is 0 Å². The van der Waals surface area contributed by atoms with Gasteiger partial charge in [0.15, 0.2) is 5.69 Å². The van der Waals surface area contributed by atoms with Crippen LogP contribution in [0.5, 0.6) is 0 Å². The third-order valence-corrected chi connectivity index (χ3v) is 6.22. The first-order chi connectivity index (χ1) is 12.7. The van der Waals surface area contributed by atoms with Crippen molar-refractivity contribution >= 4 is 17.2 Å². The molecule has 3 aromatic heterocycles. The third-order valence-electron chi connectivity index (χ3n) is 5.32. The number of H-pyrrole nitrogens is 1. The second-order valence-corrected chi connectivity index (χ2v) is 8.38. The van der Waals surface area contributed by atoms with Gasteiger partial charge in [-0.05, 0) is 54.8 Å². The fourth-order valence-corrected chi connectivity index (χ4v) is 4.15. The molecule has 2 aliphatic carbocycles. The molecule has 2 saturated carbocycles. The number of hydrogen-bond acceptors (Lipinski definition) is 4. The summed E-state index contributed by atoms with van der Waals surface area (Å²) in [5.74, 6) is 3.19. The molecule has 0 bridgehead atoms. The van der Waals surface area contributed by atoms with Crippen molar-refractivity contribution in [2.45, 2.75) is 44.7 Å². The summed E-state index contributed by atoms with van der Waals surface area (Å²) in [5, 5.41) is 9.26. The van der Waals surface area contributed by atoms with E-state index in [1.54, 1.807) is 11.3 Å². The van der Waals surface area contributed by atoms with E-state index in [4.69, 9.17) is 4.42 Å². The Morgan fingerprint density at radius 2 is 2.23 bits per heavy atom. The zero-order chi connectivity index (χ0) is 17.7. The average molecular weight is 367 g/mol. The smallest absolute Gasteiger partial charge is 0.275 e. The molecule has 1 amide bonds. The van der Waals surface area contributed by atoms with E-state index < -0.39 is 0 Å². The summed E-state index contributed by atoms with van der Waals surface area (Å²) in [6, 6.07) is 10.3. The molecule has 5 nitrogen and oxygen atoms in total. The van der Waals surface area contributed by atoms with Crippen LogP contribution in [0.1, 0.15) is 54.1 Å². The molecular formula is C20H21N3O2S. The Labute approximate surface area is 156 Å². The van der Waals surface area contributed by atoms with Crippen molar-refractivity contribution in [1.82, 2.24) is 15.1 Å². The zero-order valence-electron chi connectivity index (χ0n) is 14.6. The van der Waals surface area contributed by atoms with Gasteiger partial charge in [0.1, 0.15) is 11.5 Å². The quantitative estimate of drug-likeness (QED) is 0.689. The molecule has 134 valence electrons. The molecule has 2 atom stereocenters. The van der Waals surface area contributed by atoms with Gasteiger partial charge < -0.3 is 9.32 Å². The number of amides is 1. The second kappa shape index (κ2) is 6.13. The minimum absolute atomic E-state index is 0.0238. The van der Waals surface area contributed by atoms with Crippen LogP contribution in [-0.2, 0) is 6.54 Å². The predicted octanol–water partition coefficient (Wildman–Crippen LogP) is 4.66. The van der Waals surface area contributed by atoms with Crippen molar-refractivity contribution in [1.29, 1.82) is 0 Å². The summed E-state index contributed by atoms with van der Waals surface area (Å²) in [6.07, 6.45) is 3.32. The highest BCUT2D eigenvalue weighted by Gasteiger charge is 2.38. The maximum atomic E-state index is 13.0. The number of carbonyl (C=O) groups is 1. The van der Waals surface area contributed by atoms with Gasteiger partial charge in [0.2, 0.25) is 0 Å². The lowest BCUT2D eigenvalue weighted by atomic mass is 10.2. The molecule has 3 heterocycles. The van der Waals surface area contributed by atoms with Crippen LogP contribution in [0.4, 0.5) is 0 Å². The Hall–Kier alpha value is -2.34. The third kappa shape index (κ3) is 2.98. The standard InChI is InChI=1S/C20H21N3O2S/c1-12-9-15(12)18-7-6-14(25-18)11-23(13-4-5-13)20(24)17-10-16(21-22-17)19-3-2-8-26-19/h2-3,6-8,10,12-13,15H,4-5,9,11H2,1H3,(H,21,22). The molecule has 0 radical (unpaired) electrons. The monoisotopic (exact) mass is 367 g/mol. The van der Waals surface area contributed by atoms with Gasteiger partial charge in [-0.3, -0.25) is 9.89 Å². The van der Waals surface area contributed by atoms with Crippen LogP contribution in [0, 0.1) is 5.92 Å². The number of aromatic nitrogens is 2. The minimum Gasteiger partial charge on any atom is -0.464 e. The Balaban J connectivity index is 1.34. The Morgan fingerprint density at radius 3 is 2.92 bits per heavy atom. The van der Waals surface area contributed by atoms with Crippen molar-refractivity contribution in [3.8, 4) is 10.6 Å². The maximum Gasteiger partial charge on any atom is 0.275 e. The highest BCUT2D eigenvalue weighted by Crippen LogP contribution is 2.47. The highest BCUT2D eigenvalue weighted by atomic mass is 32.1. The van der Waals surface area contributed by atoms with Crippen molar-refractivity contribution in [2.24, 2.45) is 5.92 Å². The van der Waals surface area contributed by atoms with E-state index in [9.17, 15) is 4.79 Å². The number of hydrogen-bond donors (Lipinski definition) is 1. The van der Waals surface area contributed by atoms with Gasteiger partial charge in [-0.25, -0.2) is 0 Å². The van der Waals surface area contributed by atoms with Gasteiger partial charge in [0.05, 0.1) is 17.1 Å². The second-order valence-electron chi connectivity index (χ2n) is 7.43. The van der Waals surface area contributed by atoms with E-state index in [0.717, 1.165) is 40.9 Å². The summed E-state index contributed by atoms with van der Waals surface area (Å²) < 4.78 is 6.02. The maximum absolute atomic E-state index is 13.0. The molecule has 0 aromatic carbocycles. The van der Waals surface area contributed by atoms with Crippen LogP contribution >= 0.6 is 11.3 Å². The Kier molecular flexibility index (Phi) is 3.74. The topological polar surface area (TPSA) is 62.1 Å². The first kappa shape index (κ1) is 15.9. The van der Waals surface area contributed by atoms with Gasteiger partial charge in [-0.1, -0.05) is 13.0 Å². The largest absolute Gasteiger partial charge is 0.464 e. The highest BCUT2D eigenvalue weighted by molar-refractivity contribution is 7.13. The van der Waals surface area contributed by atoms with Gasteiger partial charge in [0, 0.05) is 12.0 Å². The molecule has 6 heteroatoms. The van der Waals surface area contributed by atoms with Crippen molar-refractivity contribution in [2.75, 3.05) is 0 Å². The summed E-state index contributed by atoms with van der Waals surface area (Å²) in [6.45, 7) is 2.77.